The van der Waals surface area contributed by atoms with E-state index in [0.29, 0.717) is 45.2 Å². The number of aliphatic carboxylic acids is 1. The van der Waals surface area contributed by atoms with Gasteiger partial charge in [0, 0.05) is 0 Å². The number of nitrogens with zero attached hydrogens (tertiary/aromatic N) is 1. The normalized spacial score (nSPS) is 15.6. The van der Waals surface area contributed by atoms with Crippen LogP contribution in [-0.2, 0) is 9.59 Å². The van der Waals surface area contributed by atoms with Crippen LogP contribution in [0.3, 0.4) is 0 Å². The van der Waals surface area contributed by atoms with Crippen molar-refractivity contribution < 1.29 is 24.2 Å². The molecule has 1 saturated heterocycles. The molecule has 6 nitrogen and oxygen atoms in total. The highest BCUT2D eigenvalue weighted by molar-refractivity contribution is 9.10. The Morgan fingerprint density at radius 1 is 1.21 bits per heavy atom. The van der Waals surface area contributed by atoms with Crippen LogP contribution in [-0.4, -0.2) is 39.4 Å². The molecule has 0 saturated carbocycles. The molecule has 9 heteroatoms. The molecule has 1 N–H and O–H groups in total. The summed E-state index contributed by atoms with van der Waals surface area (Å²) in [5, 5.41) is 9.85. The van der Waals surface area contributed by atoms with Gasteiger partial charge in [0.05, 0.1) is 22.6 Å². The molecule has 2 aromatic carbocycles. The third-order valence-corrected chi connectivity index (χ3v) is 6.97. The first-order chi connectivity index (χ1) is 16.4. The van der Waals surface area contributed by atoms with Gasteiger partial charge in [-0.05, 0) is 58.6 Å². The average Bonchev–Trinajstić information content (AvgIpc) is 3.07. The minimum absolute atomic E-state index is 0.201. The Labute approximate surface area is 217 Å². The minimum atomic E-state index is -1.19. The lowest BCUT2D eigenvalue weighted by Crippen LogP contribution is -2.37. The first-order valence-electron chi connectivity index (χ1n) is 11.0. The van der Waals surface area contributed by atoms with E-state index in [4.69, 9.17) is 21.7 Å². The van der Waals surface area contributed by atoms with Crippen molar-refractivity contribution in [2.24, 2.45) is 0 Å². The molecule has 3 rings (SSSR count). The lowest BCUT2D eigenvalue weighted by Gasteiger charge is -2.23. The summed E-state index contributed by atoms with van der Waals surface area (Å²) >= 11 is 10.0. The number of rotatable bonds is 11. The monoisotopic (exact) mass is 563 g/mol. The molecule has 180 valence electrons. The van der Waals surface area contributed by atoms with Gasteiger partial charge in [0.15, 0.2) is 17.5 Å². The molecule has 1 fully saturated rings. The number of carboxylic acid groups (broad SMARTS) is 1. The third-order valence-electron chi connectivity index (χ3n) is 5.05. The fourth-order valence-electron chi connectivity index (χ4n) is 3.49. The molecular formula is C25H26BrNO5S2. The number of unbranched alkanes of at least 4 members (excludes halogenated alkanes) is 2. The summed E-state index contributed by atoms with van der Waals surface area (Å²) in [7, 11) is 0. The van der Waals surface area contributed by atoms with Crippen LogP contribution in [0.25, 0.3) is 6.08 Å². The zero-order valence-electron chi connectivity index (χ0n) is 19.0. The summed E-state index contributed by atoms with van der Waals surface area (Å²) in [5.41, 5.74) is 1.20. The fourth-order valence-corrected chi connectivity index (χ4v) is 5.38. The fraction of sp³-hybridized carbons (Fsp3) is 0.320. The number of carbonyl (C=O) groups excluding carboxylic acids is 1. The Bertz CT molecular complexity index is 1090. The van der Waals surface area contributed by atoms with Gasteiger partial charge in [-0.3, -0.25) is 9.69 Å². The SMILES string of the molecule is CCCCCOc1c(Br)cc(/C=C2\SC(=S)N(C(C(=O)O)c3ccccc3)C2=O)cc1OCC. The lowest BCUT2D eigenvalue weighted by atomic mass is 10.1. The first-order valence-corrected chi connectivity index (χ1v) is 13.0. The van der Waals surface area contributed by atoms with E-state index < -0.39 is 17.9 Å². The van der Waals surface area contributed by atoms with Crippen LogP contribution in [0, 0.1) is 0 Å². The summed E-state index contributed by atoms with van der Waals surface area (Å²) in [5.74, 6) is -0.393. The highest BCUT2D eigenvalue weighted by Crippen LogP contribution is 2.41. The number of carboxylic acids is 1. The van der Waals surface area contributed by atoms with Crippen molar-refractivity contribution in [3.05, 3.63) is 63.0 Å². The number of carbonyl (C=O) groups is 2. The Hall–Kier alpha value is -2.36. The van der Waals surface area contributed by atoms with E-state index in [0.717, 1.165) is 35.9 Å². The van der Waals surface area contributed by atoms with Crippen molar-refractivity contribution in [3.63, 3.8) is 0 Å². The topological polar surface area (TPSA) is 76.1 Å². The van der Waals surface area contributed by atoms with Crippen LogP contribution in [0.5, 0.6) is 11.5 Å². The Morgan fingerprint density at radius 2 is 1.94 bits per heavy atom. The Kier molecular flexibility index (Phi) is 9.55. The molecule has 1 atom stereocenters. The molecule has 34 heavy (non-hydrogen) atoms. The van der Waals surface area contributed by atoms with E-state index in [-0.39, 0.29) is 4.32 Å². The number of ether oxygens (including phenoxy) is 2. The standard InChI is InChI=1S/C25H26BrNO5S2/c1-3-5-9-12-32-22-18(26)13-16(14-19(22)31-4-2)15-20-23(28)27(25(33)34-20)21(24(29)30)17-10-7-6-8-11-17/h6-8,10-11,13-15,21H,3-5,9,12H2,1-2H3,(H,29,30)/b20-15-. The molecule has 0 bridgehead atoms. The number of thiocarbonyl (C=S) groups is 1. The Balaban J connectivity index is 1.90. The number of thioether (sulfide) groups is 1. The number of benzene rings is 2. The van der Waals surface area contributed by atoms with Gasteiger partial charge in [-0.15, -0.1) is 0 Å². The zero-order chi connectivity index (χ0) is 24.7. The van der Waals surface area contributed by atoms with Gasteiger partial charge in [-0.2, -0.15) is 0 Å². The van der Waals surface area contributed by atoms with Crippen LogP contribution in [0.1, 0.15) is 50.3 Å². The summed E-state index contributed by atoms with van der Waals surface area (Å²) in [6, 6.07) is 11.1. The van der Waals surface area contributed by atoms with Crippen LogP contribution in [0.4, 0.5) is 0 Å². The molecule has 1 heterocycles. The predicted molar refractivity (Wildman–Crippen MR) is 142 cm³/mol. The summed E-state index contributed by atoms with van der Waals surface area (Å²) in [4.78, 5) is 26.8. The smallest absolute Gasteiger partial charge is 0.331 e. The maximum absolute atomic E-state index is 13.2. The van der Waals surface area contributed by atoms with Gasteiger partial charge in [-0.25, -0.2) is 4.79 Å². The highest BCUT2D eigenvalue weighted by atomic mass is 79.9. The molecule has 0 aromatic heterocycles. The quantitative estimate of drug-likeness (QED) is 0.191. The van der Waals surface area contributed by atoms with Gasteiger partial charge in [0.1, 0.15) is 4.32 Å². The van der Waals surface area contributed by atoms with E-state index in [1.807, 2.05) is 19.1 Å². The third kappa shape index (κ3) is 6.20. The van der Waals surface area contributed by atoms with Crippen LogP contribution < -0.4 is 9.47 Å². The first kappa shape index (κ1) is 26.2. The van der Waals surface area contributed by atoms with E-state index in [1.54, 1.807) is 36.4 Å². The van der Waals surface area contributed by atoms with Crippen molar-refractivity contribution >= 4 is 62.2 Å². The summed E-state index contributed by atoms with van der Waals surface area (Å²) in [6.07, 6.45) is 4.83. The maximum atomic E-state index is 13.2. The zero-order valence-corrected chi connectivity index (χ0v) is 22.2. The van der Waals surface area contributed by atoms with Crippen molar-refractivity contribution in [1.82, 2.24) is 4.90 Å². The molecule has 2 aromatic rings. The molecular weight excluding hydrogens is 538 g/mol. The van der Waals surface area contributed by atoms with Crippen LogP contribution in [0.2, 0.25) is 0 Å². The average molecular weight is 565 g/mol. The lowest BCUT2D eigenvalue weighted by molar-refractivity contribution is -0.145. The van der Waals surface area contributed by atoms with Gasteiger partial charge < -0.3 is 14.6 Å². The number of hydrogen-bond acceptors (Lipinski definition) is 6. The van der Waals surface area contributed by atoms with Gasteiger partial charge >= 0.3 is 5.97 Å². The second-order valence-electron chi connectivity index (χ2n) is 7.52. The van der Waals surface area contributed by atoms with Gasteiger partial charge in [0.25, 0.3) is 5.91 Å². The van der Waals surface area contributed by atoms with Crippen molar-refractivity contribution in [2.75, 3.05) is 13.2 Å². The molecule has 1 amide bonds. The molecule has 1 aliphatic rings. The van der Waals surface area contributed by atoms with Crippen molar-refractivity contribution in [2.45, 2.75) is 39.2 Å². The second kappa shape index (κ2) is 12.4. The number of hydrogen-bond donors (Lipinski definition) is 1. The molecule has 0 spiro atoms. The van der Waals surface area contributed by atoms with Gasteiger partial charge in [-0.1, -0.05) is 74.1 Å². The summed E-state index contributed by atoms with van der Waals surface area (Å²) < 4.78 is 12.7. The largest absolute Gasteiger partial charge is 0.490 e. The number of amides is 1. The van der Waals surface area contributed by atoms with Gasteiger partial charge in [0.2, 0.25) is 0 Å². The maximum Gasteiger partial charge on any atom is 0.331 e. The minimum Gasteiger partial charge on any atom is -0.490 e. The molecule has 0 aliphatic carbocycles. The molecule has 1 unspecified atom stereocenters. The second-order valence-corrected chi connectivity index (χ2v) is 10.1. The molecule has 1 aliphatic heterocycles. The summed E-state index contributed by atoms with van der Waals surface area (Å²) in [6.45, 7) is 5.07. The number of halogens is 1. The van der Waals surface area contributed by atoms with Crippen LogP contribution >= 0.6 is 39.9 Å². The Morgan fingerprint density at radius 3 is 2.59 bits per heavy atom. The van der Waals surface area contributed by atoms with E-state index in [9.17, 15) is 14.7 Å². The van der Waals surface area contributed by atoms with Crippen molar-refractivity contribution in [3.8, 4) is 11.5 Å². The molecule has 0 radical (unpaired) electrons. The highest BCUT2D eigenvalue weighted by Gasteiger charge is 2.41. The van der Waals surface area contributed by atoms with E-state index in [1.165, 1.54) is 0 Å². The van der Waals surface area contributed by atoms with E-state index >= 15 is 0 Å². The van der Waals surface area contributed by atoms with E-state index in [2.05, 4.69) is 22.9 Å². The van der Waals surface area contributed by atoms with Crippen LogP contribution in [0.15, 0.2) is 51.8 Å². The van der Waals surface area contributed by atoms with Crippen molar-refractivity contribution in [1.29, 1.82) is 0 Å². The predicted octanol–water partition coefficient (Wildman–Crippen LogP) is 6.44.